The van der Waals surface area contributed by atoms with Gasteiger partial charge in [0.2, 0.25) is 0 Å². The van der Waals surface area contributed by atoms with E-state index in [0.29, 0.717) is 16.9 Å². The molecule has 0 aromatic heterocycles. The van der Waals surface area contributed by atoms with Gasteiger partial charge >= 0.3 is 0 Å². The Morgan fingerprint density at radius 3 is 2.47 bits per heavy atom. The van der Waals surface area contributed by atoms with Gasteiger partial charge in [-0.2, -0.15) is 5.26 Å². The van der Waals surface area contributed by atoms with Crippen LogP contribution in [-0.2, 0) is 0 Å². The third kappa shape index (κ3) is 2.63. The zero-order chi connectivity index (χ0) is 14.0. The molecule has 0 aliphatic carbocycles. The van der Waals surface area contributed by atoms with Gasteiger partial charge in [-0.15, -0.1) is 0 Å². The van der Waals surface area contributed by atoms with Gasteiger partial charge in [0.15, 0.2) is 0 Å². The summed E-state index contributed by atoms with van der Waals surface area (Å²) in [7, 11) is 0. The van der Waals surface area contributed by atoms with Crippen LogP contribution in [0, 0.1) is 29.9 Å². The number of halogens is 2. The minimum absolute atomic E-state index is 0.000456. The fraction of sp³-hybridized carbons (Fsp3) is 0.0714. The molecule has 0 fully saturated rings. The van der Waals surface area contributed by atoms with Crippen molar-refractivity contribution in [2.75, 3.05) is 11.1 Å². The Bertz CT molecular complexity index is 675. The highest BCUT2D eigenvalue weighted by Gasteiger charge is 2.09. The molecule has 19 heavy (non-hydrogen) atoms. The minimum atomic E-state index is -0.567. The van der Waals surface area contributed by atoms with Crippen molar-refractivity contribution in [3.63, 3.8) is 0 Å². The van der Waals surface area contributed by atoms with Gasteiger partial charge in [-0.25, -0.2) is 8.78 Å². The van der Waals surface area contributed by atoms with Crippen LogP contribution in [0.1, 0.15) is 11.1 Å². The van der Waals surface area contributed by atoms with E-state index in [1.165, 1.54) is 13.0 Å². The number of benzene rings is 2. The van der Waals surface area contributed by atoms with Gasteiger partial charge < -0.3 is 11.1 Å². The maximum absolute atomic E-state index is 13.7. The van der Waals surface area contributed by atoms with Gasteiger partial charge in [0.05, 0.1) is 28.7 Å². The highest BCUT2D eigenvalue weighted by molar-refractivity contribution is 5.74. The van der Waals surface area contributed by atoms with Crippen molar-refractivity contribution in [1.29, 1.82) is 5.26 Å². The molecule has 0 radical (unpaired) electrons. The van der Waals surface area contributed by atoms with Gasteiger partial charge in [-0.05, 0) is 36.8 Å². The van der Waals surface area contributed by atoms with Crippen molar-refractivity contribution in [1.82, 2.24) is 0 Å². The number of aryl methyl sites for hydroxylation is 1. The molecule has 0 aliphatic rings. The lowest BCUT2D eigenvalue weighted by Crippen LogP contribution is -2.00. The summed E-state index contributed by atoms with van der Waals surface area (Å²) in [5.74, 6) is -1.07. The summed E-state index contributed by atoms with van der Waals surface area (Å²) in [5.41, 5.74) is 7.08. The van der Waals surface area contributed by atoms with E-state index in [2.05, 4.69) is 5.32 Å². The van der Waals surface area contributed by atoms with Crippen LogP contribution in [-0.4, -0.2) is 0 Å². The van der Waals surface area contributed by atoms with Crippen molar-refractivity contribution in [3.8, 4) is 6.07 Å². The quantitative estimate of drug-likeness (QED) is 0.812. The maximum Gasteiger partial charge on any atom is 0.147 e. The zero-order valence-electron chi connectivity index (χ0n) is 10.2. The SMILES string of the molecule is Cc1cc(F)c(Nc2ccc(C#N)cc2N)cc1F. The Morgan fingerprint density at radius 1 is 1.11 bits per heavy atom. The predicted octanol–water partition coefficient (Wildman–Crippen LogP) is 3.47. The Hall–Kier alpha value is -2.61. The van der Waals surface area contributed by atoms with E-state index in [1.807, 2.05) is 6.07 Å². The molecule has 3 N–H and O–H groups in total. The highest BCUT2D eigenvalue weighted by Crippen LogP contribution is 2.27. The maximum atomic E-state index is 13.7. The molecule has 0 spiro atoms. The molecule has 0 unspecified atom stereocenters. The van der Waals surface area contributed by atoms with E-state index in [1.54, 1.807) is 12.1 Å². The smallest absolute Gasteiger partial charge is 0.147 e. The first-order chi connectivity index (χ1) is 9.01. The van der Waals surface area contributed by atoms with Crippen molar-refractivity contribution in [3.05, 3.63) is 53.1 Å². The largest absolute Gasteiger partial charge is 0.397 e. The second-order valence-electron chi connectivity index (χ2n) is 4.12. The number of rotatable bonds is 2. The molecule has 5 heteroatoms. The molecule has 2 rings (SSSR count). The summed E-state index contributed by atoms with van der Waals surface area (Å²) in [6.45, 7) is 1.48. The van der Waals surface area contributed by atoms with Crippen LogP contribution < -0.4 is 11.1 Å². The van der Waals surface area contributed by atoms with E-state index >= 15 is 0 Å². The fourth-order valence-electron chi connectivity index (χ4n) is 1.63. The lowest BCUT2D eigenvalue weighted by Gasteiger charge is -2.11. The summed E-state index contributed by atoms with van der Waals surface area (Å²) >= 11 is 0. The average molecular weight is 259 g/mol. The third-order valence-electron chi connectivity index (χ3n) is 2.70. The first kappa shape index (κ1) is 12.8. The van der Waals surface area contributed by atoms with Crippen LogP contribution >= 0.6 is 0 Å². The molecule has 0 aliphatic heterocycles. The lowest BCUT2D eigenvalue weighted by atomic mass is 10.1. The molecule has 0 heterocycles. The molecule has 0 saturated heterocycles. The van der Waals surface area contributed by atoms with Crippen LogP contribution in [0.3, 0.4) is 0 Å². The molecule has 0 bridgehead atoms. The number of nitrogens with two attached hydrogens (primary N) is 1. The van der Waals surface area contributed by atoms with E-state index in [-0.39, 0.29) is 11.3 Å². The molecule has 0 atom stereocenters. The Morgan fingerprint density at radius 2 is 1.84 bits per heavy atom. The second-order valence-corrected chi connectivity index (χ2v) is 4.12. The normalized spacial score (nSPS) is 10.0. The van der Waals surface area contributed by atoms with Crippen LogP contribution in [0.2, 0.25) is 0 Å². The topological polar surface area (TPSA) is 61.8 Å². The van der Waals surface area contributed by atoms with E-state index in [4.69, 9.17) is 11.0 Å². The number of anilines is 3. The predicted molar refractivity (Wildman–Crippen MR) is 69.9 cm³/mol. The molecule has 3 nitrogen and oxygen atoms in total. The van der Waals surface area contributed by atoms with Crippen LogP contribution in [0.25, 0.3) is 0 Å². The Labute approximate surface area is 109 Å². The molecular weight excluding hydrogens is 248 g/mol. The summed E-state index contributed by atoms with van der Waals surface area (Å²) in [5, 5.41) is 11.4. The second kappa shape index (κ2) is 4.94. The first-order valence-electron chi connectivity index (χ1n) is 5.53. The van der Waals surface area contributed by atoms with Gasteiger partial charge in [0.1, 0.15) is 11.6 Å². The molecule has 0 saturated carbocycles. The lowest BCUT2D eigenvalue weighted by molar-refractivity contribution is 0.595. The summed E-state index contributed by atoms with van der Waals surface area (Å²) in [6, 6.07) is 8.68. The van der Waals surface area contributed by atoms with Crippen LogP contribution in [0.15, 0.2) is 30.3 Å². The standard InChI is InChI=1S/C14H11F2N3/c1-8-4-11(16)14(6-10(8)15)19-13-3-2-9(7-17)5-12(13)18/h2-6,19H,18H2,1H3. The molecular formula is C14H11F2N3. The highest BCUT2D eigenvalue weighted by atomic mass is 19.1. The number of hydrogen-bond donors (Lipinski definition) is 2. The average Bonchev–Trinajstić information content (AvgIpc) is 2.38. The summed E-state index contributed by atoms with van der Waals surface area (Å²) in [6.07, 6.45) is 0. The van der Waals surface area contributed by atoms with Crippen molar-refractivity contribution >= 4 is 17.1 Å². The minimum Gasteiger partial charge on any atom is -0.397 e. The zero-order valence-corrected chi connectivity index (χ0v) is 10.2. The van der Waals surface area contributed by atoms with Crippen molar-refractivity contribution in [2.45, 2.75) is 6.92 Å². The number of nitriles is 1. The Balaban J connectivity index is 2.37. The number of hydrogen-bond acceptors (Lipinski definition) is 3. The van der Waals surface area contributed by atoms with Crippen LogP contribution in [0.4, 0.5) is 25.8 Å². The summed E-state index contributed by atoms with van der Waals surface area (Å²) in [4.78, 5) is 0. The van der Waals surface area contributed by atoms with Crippen molar-refractivity contribution < 1.29 is 8.78 Å². The van der Waals surface area contributed by atoms with Crippen molar-refractivity contribution in [2.24, 2.45) is 0 Å². The van der Waals surface area contributed by atoms with E-state index < -0.39 is 11.6 Å². The van der Waals surface area contributed by atoms with Gasteiger partial charge in [0.25, 0.3) is 0 Å². The number of nitrogens with zero attached hydrogens (tertiary/aromatic N) is 1. The summed E-state index contributed by atoms with van der Waals surface area (Å²) < 4.78 is 27.1. The van der Waals surface area contributed by atoms with Crippen LogP contribution in [0.5, 0.6) is 0 Å². The molecule has 0 amide bonds. The van der Waals surface area contributed by atoms with Gasteiger partial charge in [-0.3, -0.25) is 0 Å². The molecule has 2 aromatic carbocycles. The monoisotopic (exact) mass is 259 g/mol. The van der Waals surface area contributed by atoms with E-state index in [0.717, 1.165) is 12.1 Å². The van der Waals surface area contributed by atoms with E-state index in [9.17, 15) is 8.78 Å². The first-order valence-corrected chi connectivity index (χ1v) is 5.53. The molecule has 96 valence electrons. The fourth-order valence-corrected chi connectivity index (χ4v) is 1.63. The number of nitrogen functional groups attached to an aromatic ring is 1. The third-order valence-corrected chi connectivity index (χ3v) is 2.70. The Kier molecular flexibility index (Phi) is 3.34. The molecule has 2 aromatic rings. The number of nitrogens with one attached hydrogen (secondary N) is 1. The van der Waals surface area contributed by atoms with Gasteiger partial charge in [-0.1, -0.05) is 0 Å². The van der Waals surface area contributed by atoms with Gasteiger partial charge in [0, 0.05) is 6.07 Å².